The van der Waals surface area contributed by atoms with Crippen molar-refractivity contribution in [2.45, 2.75) is 33.2 Å². The maximum atomic E-state index is 13.3. The van der Waals surface area contributed by atoms with E-state index in [0.29, 0.717) is 46.7 Å². The third-order valence-electron chi connectivity index (χ3n) is 5.47. The first-order valence-electron chi connectivity index (χ1n) is 10.7. The van der Waals surface area contributed by atoms with Gasteiger partial charge in [0.05, 0.1) is 16.6 Å². The molecular formula is C24H25ClN4O3. The van der Waals surface area contributed by atoms with Gasteiger partial charge in [-0.05, 0) is 43.0 Å². The fourth-order valence-electron chi connectivity index (χ4n) is 3.95. The van der Waals surface area contributed by atoms with Crippen LogP contribution in [0.4, 0.5) is 5.69 Å². The minimum absolute atomic E-state index is 0.125. The van der Waals surface area contributed by atoms with Crippen LogP contribution in [-0.2, 0) is 6.54 Å². The number of benzene rings is 2. The van der Waals surface area contributed by atoms with E-state index in [1.54, 1.807) is 47.4 Å². The van der Waals surface area contributed by atoms with Crippen molar-refractivity contribution in [3.05, 3.63) is 69.1 Å². The largest absolute Gasteiger partial charge is 0.339 e. The number of rotatable bonds is 5. The minimum atomic E-state index is -0.503. The first-order chi connectivity index (χ1) is 15.3. The highest BCUT2D eigenvalue weighted by Gasteiger charge is 2.24. The molecule has 3 aromatic rings. The second-order valence-electron chi connectivity index (χ2n) is 8.42. The van der Waals surface area contributed by atoms with Crippen molar-refractivity contribution in [1.82, 2.24) is 14.7 Å². The lowest BCUT2D eigenvalue weighted by molar-refractivity contribution is 0.0794. The van der Waals surface area contributed by atoms with Crippen molar-refractivity contribution in [1.29, 1.82) is 0 Å². The monoisotopic (exact) mass is 452 g/mol. The number of hydrogen-bond acceptors (Lipinski definition) is 4. The molecule has 1 aliphatic heterocycles. The third kappa shape index (κ3) is 4.39. The van der Waals surface area contributed by atoms with E-state index in [4.69, 9.17) is 11.6 Å². The van der Waals surface area contributed by atoms with Gasteiger partial charge < -0.3 is 10.2 Å². The number of anilines is 1. The molecule has 1 fully saturated rings. The lowest BCUT2D eigenvalue weighted by Crippen LogP contribution is -2.30. The van der Waals surface area contributed by atoms with Crippen LogP contribution in [0.1, 0.15) is 47.5 Å². The normalized spacial score (nSPS) is 13.7. The number of nitrogens with zero attached hydrogens (tertiary/aromatic N) is 3. The summed E-state index contributed by atoms with van der Waals surface area (Å²) in [5, 5.41) is 8.48. The highest BCUT2D eigenvalue weighted by atomic mass is 35.5. The van der Waals surface area contributed by atoms with Crippen LogP contribution in [0.5, 0.6) is 0 Å². The summed E-state index contributed by atoms with van der Waals surface area (Å²) in [6.07, 6.45) is 1.93. The molecule has 0 atom stereocenters. The van der Waals surface area contributed by atoms with Gasteiger partial charge in [0.15, 0.2) is 5.69 Å². The average Bonchev–Trinajstić information content (AvgIpc) is 3.30. The molecule has 0 unspecified atom stereocenters. The molecule has 2 aromatic carbocycles. The Bertz CT molecular complexity index is 1250. The van der Waals surface area contributed by atoms with Gasteiger partial charge in [0.25, 0.3) is 17.4 Å². The average molecular weight is 453 g/mol. The van der Waals surface area contributed by atoms with Gasteiger partial charge in [-0.25, -0.2) is 4.68 Å². The maximum Gasteiger partial charge on any atom is 0.276 e. The Hall–Kier alpha value is -3.19. The zero-order valence-corrected chi connectivity index (χ0v) is 18.9. The Morgan fingerprint density at radius 2 is 1.78 bits per heavy atom. The fourth-order valence-corrected chi connectivity index (χ4v) is 4.12. The lowest BCUT2D eigenvalue weighted by atomic mass is 10.1. The molecule has 2 heterocycles. The molecule has 0 saturated carbocycles. The van der Waals surface area contributed by atoms with E-state index in [1.807, 2.05) is 13.8 Å². The summed E-state index contributed by atoms with van der Waals surface area (Å²) >= 11 is 6.17. The molecule has 0 radical (unpaired) electrons. The summed E-state index contributed by atoms with van der Waals surface area (Å²) < 4.78 is 1.33. The lowest BCUT2D eigenvalue weighted by Gasteiger charge is -2.18. The molecule has 0 aliphatic carbocycles. The van der Waals surface area contributed by atoms with Gasteiger partial charge in [0, 0.05) is 30.0 Å². The Morgan fingerprint density at radius 3 is 2.47 bits per heavy atom. The molecule has 1 aliphatic rings. The van der Waals surface area contributed by atoms with Crippen molar-refractivity contribution in [2.75, 3.05) is 18.4 Å². The number of halogens is 1. The van der Waals surface area contributed by atoms with E-state index in [0.717, 1.165) is 12.8 Å². The molecule has 1 aromatic heterocycles. The Labute approximate surface area is 191 Å². The van der Waals surface area contributed by atoms with Crippen LogP contribution in [0.25, 0.3) is 10.8 Å². The van der Waals surface area contributed by atoms with E-state index in [9.17, 15) is 14.4 Å². The fraction of sp³-hybridized carbons (Fsp3) is 0.333. The summed E-state index contributed by atoms with van der Waals surface area (Å²) in [5.74, 6) is -0.469. The molecular weight excluding hydrogens is 428 g/mol. The van der Waals surface area contributed by atoms with Crippen LogP contribution in [0.2, 0.25) is 5.02 Å². The number of carbonyl (C=O) groups is 2. The highest BCUT2D eigenvalue weighted by molar-refractivity contribution is 6.31. The second kappa shape index (κ2) is 9.12. The van der Waals surface area contributed by atoms with E-state index in [1.165, 1.54) is 4.68 Å². The molecule has 4 rings (SSSR count). The standard InChI is InChI=1S/C24H25ClN4O3/c1-15(2)14-29-24(32)18-8-4-3-7-17(18)21(27-29)22(30)26-20-13-16(25)9-10-19(20)23(31)28-11-5-6-12-28/h3-4,7-10,13,15H,5-6,11-12,14H2,1-2H3,(H,26,30). The zero-order valence-electron chi connectivity index (χ0n) is 18.1. The van der Waals surface area contributed by atoms with Gasteiger partial charge in [-0.2, -0.15) is 5.10 Å². The zero-order chi connectivity index (χ0) is 22.8. The molecule has 8 heteroatoms. The van der Waals surface area contributed by atoms with Gasteiger partial charge in [-0.3, -0.25) is 14.4 Å². The Balaban J connectivity index is 1.75. The number of aromatic nitrogens is 2. The smallest absolute Gasteiger partial charge is 0.276 e. The summed E-state index contributed by atoms with van der Waals surface area (Å²) in [5.41, 5.74) is 0.593. The number of carbonyl (C=O) groups excluding carboxylic acids is 2. The topological polar surface area (TPSA) is 84.3 Å². The third-order valence-corrected chi connectivity index (χ3v) is 5.71. The quantitative estimate of drug-likeness (QED) is 0.629. The molecule has 0 spiro atoms. The van der Waals surface area contributed by atoms with Crippen LogP contribution in [0, 0.1) is 5.92 Å². The molecule has 1 saturated heterocycles. The molecule has 2 amide bonds. The van der Waals surface area contributed by atoms with Gasteiger partial charge in [0.2, 0.25) is 0 Å². The molecule has 7 nitrogen and oxygen atoms in total. The maximum absolute atomic E-state index is 13.3. The molecule has 32 heavy (non-hydrogen) atoms. The number of fused-ring (bicyclic) bond motifs is 1. The summed E-state index contributed by atoms with van der Waals surface area (Å²) in [4.78, 5) is 40.9. The van der Waals surface area contributed by atoms with Crippen LogP contribution in [-0.4, -0.2) is 39.6 Å². The van der Waals surface area contributed by atoms with Crippen molar-refractivity contribution in [3.63, 3.8) is 0 Å². The Kier molecular flexibility index (Phi) is 6.28. The van der Waals surface area contributed by atoms with Gasteiger partial charge in [0.1, 0.15) is 0 Å². The molecule has 166 valence electrons. The molecule has 0 bridgehead atoms. The summed E-state index contributed by atoms with van der Waals surface area (Å²) in [6, 6.07) is 11.7. The number of likely N-dealkylation sites (tertiary alicyclic amines) is 1. The first-order valence-corrected chi connectivity index (χ1v) is 11.1. The number of hydrogen-bond donors (Lipinski definition) is 1. The SMILES string of the molecule is CC(C)Cn1nc(C(=O)Nc2cc(Cl)ccc2C(=O)N2CCCC2)c2ccccc2c1=O. The van der Waals surface area contributed by atoms with E-state index in [-0.39, 0.29) is 23.1 Å². The van der Waals surface area contributed by atoms with E-state index in [2.05, 4.69) is 10.4 Å². The van der Waals surface area contributed by atoms with Crippen LogP contribution in [0.3, 0.4) is 0 Å². The van der Waals surface area contributed by atoms with Crippen LogP contribution >= 0.6 is 11.6 Å². The van der Waals surface area contributed by atoms with E-state index < -0.39 is 5.91 Å². The van der Waals surface area contributed by atoms with Crippen LogP contribution in [0.15, 0.2) is 47.3 Å². The summed E-state index contributed by atoms with van der Waals surface area (Å²) in [6.45, 7) is 5.73. The number of nitrogens with one attached hydrogen (secondary N) is 1. The van der Waals surface area contributed by atoms with E-state index >= 15 is 0 Å². The van der Waals surface area contributed by atoms with Gasteiger partial charge in [-0.15, -0.1) is 0 Å². The van der Waals surface area contributed by atoms with Crippen molar-refractivity contribution in [3.8, 4) is 0 Å². The predicted octanol–water partition coefficient (Wildman–Crippen LogP) is 4.19. The second-order valence-corrected chi connectivity index (χ2v) is 8.86. The van der Waals surface area contributed by atoms with Gasteiger partial charge in [-0.1, -0.05) is 43.6 Å². The van der Waals surface area contributed by atoms with Crippen molar-refractivity contribution < 1.29 is 9.59 Å². The number of amides is 2. The van der Waals surface area contributed by atoms with Gasteiger partial charge >= 0.3 is 0 Å². The summed E-state index contributed by atoms with van der Waals surface area (Å²) in [7, 11) is 0. The highest BCUT2D eigenvalue weighted by Crippen LogP contribution is 2.25. The van der Waals surface area contributed by atoms with Crippen molar-refractivity contribution in [2.24, 2.45) is 5.92 Å². The predicted molar refractivity (Wildman–Crippen MR) is 125 cm³/mol. The van der Waals surface area contributed by atoms with Crippen molar-refractivity contribution >= 4 is 39.9 Å². The minimum Gasteiger partial charge on any atom is -0.339 e. The first kappa shape index (κ1) is 22.0. The Morgan fingerprint density at radius 1 is 1.09 bits per heavy atom. The van der Waals surface area contributed by atoms with Crippen LogP contribution < -0.4 is 10.9 Å². The molecule has 1 N–H and O–H groups in total.